The van der Waals surface area contributed by atoms with Crippen molar-refractivity contribution < 1.29 is 25.9 Å². The van der Waals surface area contributed by atoms with Gasteiger partial charge in [0, 0.05) is 8.07 Å². The Bertz CT molecular complexity index is 506. The standard InChI is InChI=1S/C9H24O6S2Si2/c1-8(18(2,3)4)9(16(10,11)12,17(13,14)15)19(5,6)7/h8H,1-7H3,(H,10,11,12)(H,13,14,15). The largest absolute Gasteiger partial charge is 0.285 e. The Morgan fingerprint density at radius 3 is 1.16 bits per heavy atom. The fourth-order valence-electron chi connectivity index (χ4n) is 2.57. The molecule has 0 saturated carbocycles. The van der Waals surface area contributed by atoms with Crippen molar-refractivity contribution in [3.05, 3.63) is 0 Å². The van der Waals surface area contributed by atoms with Crippen LogP contribution in [0.3, 0.4) is 0 Å². The summed E-state index contributed by atoms with van der Waals surface area (Å²) in [5, 5.41) is 0. The van der Waals surface area contributed by atoms with E-state index in [0.717, 1.165) is 0 Å². The van der Waals surface area contributed by atoms with Crippen LogP contribution in [0.4, 0.5) is 0 Å². The quantitative estimate of drug-likeness (QED) is 0.581. The Hall–Kier alpha value is 0.254. The molecule has 116 valence electrons. The summed E-state index contributed by atoms with van der Waals surface area (Å²) in [6.07, 6.45) is 0. The molecule has 0 radical (unpaired) electrons. The Kier molecular flexibility index (Phi) is 4.98. The Labute approximate surface area is 118 Å². The van der Waals surface area contributed by atoms with E-state index in [1.807, 2.05) is 19.6 Å². The van der Waals surface area contributed by atoms with Gasteiger partial charge in [0.25, 0.3) is 20.2 Å². The van der Waals surface area contributed by atoms with Crippen molar-refractivity contribution in [1.29, 1.82) is 0 Å². The maximum atomic E-state index is 11.9. The number of hydrogen-bond donors (Lipinski definition) is 2. The molecule has 1 unspecified atom stereocenters. The van der Waals surface area contributed by atoms with Crippen LogP contribution in [0.1, 0.15) is 6.92 Å². The average Bonchev–Trinajstić information content (AvgIpc) is 1.92. The highest BCUT2D eigenvalue weighted by Gasteiger charge is 2.68. The van der Waals surface area contributed by atoms with E-state index in [9.17, 15) is 25.9 Å². The lowest BCUT2D eigenvalue weighted by atomic mass is 10.5. The van der Waals surface area contributed by atoms with Gasteiger partial charge in [-0.25, -0.2) is 0 Å². The summed E-state index contributed by atoms with van der Waals surface area (Å²) in [6, 6.07) is 0. The number of hydrogen-bond acceptors (Lipinski definition) is 4. The van der Waals surface area contributed by atoms with Gasteiger partial charge in [0.2, 0.25) is 3.70 Å². The van der Waals surface area contributed by atoms with Gasteiger partial charge in [0.05, 0.1) is 8.07 Å². The van der Waals surface area contributed by atoms with Crippen LogP contribution in [0, 0.1) is 0 Å². The molecule has 0 heterocycles. The van der Waals surface area contributed by atoms with Gasteiger partial charge < -0.3 is 0 Å². The molecule has 1 atom stereocenters. The maximum absolute atomic E-state index is 11.9. The molecule has 0 aromatic heterocycles. The third-order valence-corrected chi connectivity index (χ3v) is 18.7. The number of rotatable bonds is 5. The SMILES string of the molecule is CC(C([Si](C)(C)C)(S(=O)(=O)O)S(=O)(=O)O)[Si](C)(C)C. The molecular formula is C9H24O6S2Si2. The van der Waals surface area contributed by atoms with Crippen molar-refractivity contribution in [3.8, 4) is 0 Å². The molecule has 0 aliphatic rings. The Balaban J connectivity index is 6.84. The monoisotopic (exact) mass is 348 g/mol. The predicted octanol–water partition coefficient (Wildman–Crippen LogP) is 2.06. The maximum Gasteiger partial charge on any atom is 0.284 e. The van der Waals surface area contributed by atoms with Crippen LogP contribution in [0.15, 0.2) is 0 Å². The fraction of sp³-hybridized carbons (Fsp3) is 1.00. The van der Waals surface area contributed by atoms with Crippen molar-refractivity contribution in [2.24, 2.45) is 0 Å². The topological polar surface area (TPSA) is 109 Å². The second kappa shape index (κ2) is 4.91. The molecule has 0 amide bonds. The highest BCUT2D eigenvalue weighted by atomic mass is 32.3. The van der Waals surface area contributed by atoms with Gasteiger partial charge in [-0.3, -0.25) is 9.11 Å². The zero-order chi connectivity index (χ0) is 16.1. The first-order valence-electron chi connectivity index (χ1n) is 5.84. The molecule has 0 aromatic carbocycles. The average molecular weight is 349 g/mol. The minimum atomic E-state index is -4.97. The van der Waals surface area contributed by atoms with E-state index in [1.54, 1.807) is 0 Å². The summed E-state index contributed by atoms with van der Waals surface area (Å²) in [7, 11) is -15.2. The smallest absolute Gasteiger partial charge is 0.284 e. The lowest BCUT2D eigenvalue weighted by molar-refractivity contribution is 0.439. The van der Waals surface area contributed by atoms with Crippen LogP contribution < -0.4 is 0 Å². The van der Waals surface area contributed by atoms with Crippen molar-refractivity contribution in [2.75, 3.05) is 0 Å². The molecule has 0 aromatic rings. The Morgan fingerprint density at radius 1 is 0.842 bits per heavy atom. The van der Waals surface area contributed by atoms with Crippen LogP contribution in [0.2, 0.25) is 44.8 Å². The highest BCUT2D eigenvalue weighted by molar-refractivity contribution is 8.08. The molecule has 0 saturated heterocycles. The molecular weight excluding hydrogens is 324 g/mol. The summed E-state index contributed by atoms with van der Waals surface area (Å²) < 4.78 is 64.4. The molecule has 0 spiro atoms. The van der Waals surface area contributed by atoms with Gasteiger partial charge in [0.15, 0.2) is 0 Å². The molecule has 0 bridgehead atoms. The van der Waals surface area contributed by atoms with E-state index in [-0.39, 0.29) is 0 Å². The van der Waals surface area contributed by atoms with E-state index in [4.69, 9.17) is 0 Å². The molecule has 0 aliphatic carbocycles. The van der Waals surface area contributed by atoms with Crippen molar-refractivity contribution in [1.82, 2.24) is 0 Å². The lowest BCUT2D eigenvalue weighted by Crippen LogP contribution is -2.67. The lowest BCUT2D eigenvalue weighted by Gasteiger charge is -2.46. The highest BCUT2D eigenvalue weighted by Crippen LogP contribution is 2.47. The first kappa shape index (κ1) is 19.3. The molecule has 6 nitrogen and oxygen atoms in total. The minimum absolute atomic E-state index is 0.836. The predicted molar refractivity (Wildman–Crippen MR) is 81.9 cm³/mol. The third-order valence-electron chi connectivity index (χ3n) is 3.68. The van der Waals surface area contributed by atoms with E-state index < -0.39 is 45.6 Å². The van der Waals surface area contributed by atoms with Gasteiger partial charge >= 0.3 is 0 Å². The minimum Gasteiger partial charge on any atom is -0.285 e. The van der Waals surface area contributed by atoms with Crippen LogP contribution in [-0.2, 0) is 20.2 Å². The molecule has 0 aliphatic heterocycles. The summed E-state index contributed by atoms with van der Waals surface area (Å²) >= 11 is 0. The van der Waals surface area contributed by atoms with Gasteiger partial charge in [-0.1, -0.05) is 46.2 Å². The second-order valence-corrected chi connectivity index (χ2v) is 22.0. The van der Waals surface area contributed by atoms with Crippen LogP contribution >= 0.6 is 0 Å². The van der Waals surface area contributed by atoms with Crippen molar-refractivity contribution in [3.63, 3.8) is 0 Å². The first-order chi connectivity index (χ1) is 7.90. The van der Waals surface area contributed by atoms with Gasteiger partial charge in [-0.05, 0) is 5.54 Å². The molecule has 0 fully saturated rings. The zero-order valence-electron chi connectivity index (χ0n) is 12.4. The van der Waals surface area contributed by atoms with Crippen LogP contribution in [0.5, 0.6) is 0 Å². The molecule has 2 N–H and O–H groups in total. The van der Waals surface area contributed by atoms with E-state index in [2.05, 4.69) is 0 Å². The van der Waals surface area contributed by atoms with E-state index in [1.165, 1.54) is 26.6 Å². The molecule has 19 heavy (non-hydrogen) atoms. The molecule has 10 heteroatoms. The summed E-state index contributed by atoms with van der Waals surface area (Å²) in [6.45, 7) is 11.5. The van der Waals surface area contributed by atoms with E-state index >= 15 is 0 Å². The van der Waals surface area contributed by atoms with Crippen molar-refractivity contribution in [2.45, 2.75) is 55.4 Å². The van der Waals surface area contributed by atoms with E-state index in [0.29, 0.717) is 0 Å². The van der Waals surface area contributed by atoms with Crippen LogP contribution in [0.25, 0.3) is 0 Å². The van der Waals surface area contributed by atoms with Gasteiger partial charge in [-0.2, -0.15) is 16.8 Å². The molecule has 0 rings (SSSR count). The van der Waals surface area contributed by atoms with Crippen molar-refractivity contribution >= 4 is 36.4 Å². The van der Waals surface area contributed by atoms with Crippen LogP contribution in [-0.4, -0.2) is 45.8 Å². The Morgan fingerprint density at radius 2 is 1.11 bits per heavy atom. The third kappa shape index (κ3) is 3.13. The first-order valence-corrected chi connectivity index (χ1v) is 15.8. The summed E-state index contributed by atoms with van der Waals surface area (Å²) in [5.74, 6) is 0. The zero-order valence-corrected chi connectivity index (χ0v) is 16.1. The second-order valence-electron chi connectivity index (χ2n) is 6.96. The van der Waals surface area contributed by atoms with Gasteiger partial charge in [-0.15, -0.1) is 0 Å². The normalized spacial score (nSPS) is 17.3. The summed E-state index contributed by atoms with van der Waals surface area (Å²) in [5.41, 5.74) is -0.836. The summed E-state index contributed by atoms with van der Waals surface area (Å²) in [4.78, 5) is 0. The fourth-order valence-corrected chi connectivity index (χ4v) is 18.8. The van der Waals surface area contributed by atoms with Gasteiger partial charge in [0.1, 0.15) is 0 Å².